The van der Waals surface area contributed by atoms with Gasteiger partial charge in [-0.25, -0.2) is 14.6 Å². The average Bonchev–Trinajstić information content (AvgIpc) is 1.60. The van der Waals surface area contributed by atoms with Gasteiger partial charge in [-0.15, -0.1) is 11.8 Å². The predicted octanol–water partition coefficient (Wildman–Crippen LogP) is -4.34. The highest BCUT2D eigenvalue weighted by atomic mass is 32.2. The molecule has 52 nitrogen and oxygen atoms in total. The summed E-state index contributed by atoms with van der Waals surface area (Å²) in [6.45, 7) is 13.1. The lowest BCUT2D eigenvalue weighted by Gasteiger charge is -2.31. The van der Waals surface area contributed by atoms with E-state index in [0.717, 1.165) is 43.9 Å². The number of guanidine groups is 1. The second kappa shape index (κ2) is 60.3. The van der Waals surface area contributed by atoms with E-state index < -0.39 is 332 Å². The molecule has 146 heavy (non-hydrogen) atoms. The van der Waals surface area contributed by atoms with Crippen LogP contribution >= 0.6 is 23.5 Å². The van der Waals surface area contributed by atoms with Gasteiger partial charge in [0.25, 0.3) is 0 Å². The number of carboxylic acid groups (broad SMARTS) is 3. The second-order valence-corrected chi connectivity index (χ2v) is 38.3. The summed E-state index contributed by atoms with van der Waals surface area (Å²) >= 11 is 2.19. The number of carbonyl (C=O) groups excluding carboxylic acids is 20. The molecular weight excluding hydrogens is 1950 g/mol. The van der Waals surface area contributed by atoms with Crippen LogP contribution in [0.2, 0.25) is 0 Å². The molecule has 1 saturated heterocycles. The van der Waals surface area contributed by atoms with Crippen molar-refractivity contribution < 1.29 is 135 Å². The fourth-order valence-electron chi connectivity index (χ4n) is 15.9. The van der Waals surface area contributed by atoms with Gasteiger partial charge in [-0.2, -0.15) is 11.8 Å². The van der Waals surface area contributed by atoms with Crippen molar-refractivity contribution >= 4 is 182 Å². The van der Waals surface area contributed by atoms with E-state index in [2.05, 4.69) is 89.7 Å². The Balaban J connectivity index is 1.69. The largest absolute Gasteiger partial charge is 0.481 e. The first-order valence-electron chi connectivity index (χ1n) is 47.6. The minimum Gasteiger partial charge on any atom is -0.481 e. The minimum atomic E-state index is -2.12. The van der Waals surface area contributed by atoms with Crippen molar-refractivity contribution in [2.45, 2.75) is 287 Å². The third kappa shape index (κ3) is 39.2. The van der Waals surface area contributed by atoms with Crippen LogP contribution < -0.4 is 103 Å². The second-order valence-electron chi connectivity index (χ2n) is 36.3. The highest BCUT2D eigenvalue weighted by molar-refractivity contribution is 7.99. The van der Waals surface area contributed by atoms with Crippen molar-refractivity contribution in [3.05, 3.63) is 54.3 Å². The first kappa shape index (κ1) is 122. The Morgan fingerprint density at radius 1 is 0.589 bits per heavy atom. The number of thioether (sulfide) groups is 2. The van der Waals surface area contributed by atoms with Gasteiger partial charge in [-0.1, -0.05) is 86.1 Å². The standard InChI is InChI=1S/C92H138N24O28S2/c1-13-47(8)73-88(140)109-59(36-44(2)3)81(133)108-61(40-69(124)125)82(134)104-54(76(128)107-60(37-49-41-98-43-100-49)83(135)113-72(46(6)7)87(139)106-57(25-28-65(93)118)78(130)103-55(23-18-32-99-92(96)97)80(132)112-71(45(4)5)86(138)102-53(75(95)127)31-35-145-12)22-16-17-33-116-74(52(91(142)144-11)38-70(126)143-10)50-20-14-15-21-51(50)90(116)146-42-63(84(136)114-73)111-79(131)58(27-30-68(122)123)105-85(137)64-24-19-34-115(64)89(141)62(39-66(94)119)110-77(129)56(101-48(9)117)26-29-67(120)121/h14-15,20-21,38,41,43-47,53-64,71-73H,13,16-19,22-37,39-40,42H2,1-12H3,(H2,93,118)(H2,94,119)(H2,95,127)(H,98,100)(H,101,117)(H,102,138)(H,103,130)(H,104,134)(H,105,137)(H,106,139)(H,107,128)(H,108,133)(H,109,140)(H,110,129)(H,111,131)(H,112,132)(H,113,135)(H,114,136)(H,120,121)(H,122,123)(H,124,125)(H4,96,97,99)/b52-38-/t47-,53-,54-,55-,56-,57-,58-,59-,60?,61-,62-,63-,64-,71-,72-,73-/m0/s1. The van der Waals surface area contributed by atoms with E-state index in [0.29, 0.717) is 5.75 Å². The van der Waals surface area contributed by atoms with E-state index in [9.17, 15) is 96.8 Å². The van der Waals surface area contributed by atoms with Crippen LogP contribution in [0, 0.1) is 29.1 Å². The molecule has 2 aliphatic heterocycles. The molecule has 54 heteroatoms. The SMILES string of the molecule is CC[C@H](C)[C@@H]1NC(=O)[C@@H](NC(=O)[C@H](CCC(=O)O)NC(=O)[C@@H]2CCCN2C(=O)[C@H](CC(N)=O)NC(=O)[C@H](CCC(=O)O)NC(C)=O)CSc2c3ccccc3c(/C(=C/C(=O)OC)C(=O)OC)n2CCCC[C@@H](C(=O)NC(Cc2cnc[nH]2)C(=O)N[C@H](C(=O)N[C@@H](CCC(N)=O)C(=O)N[C@@H](CCCNC(=N)N)C(=O)N[C@H](C(=O)N[C@@H](CCSC)C(N)=O)C(C)C)C(C)C)NC(=O)[C@H](CC(=O)O)NC(=O)[C@H](CC(C)C)NC1=O. The molecule has 0 aliphatic carbocycles. The molecule has 1 fully saturated rings. The highest BCUT2D eigenvalue weighted by Gasteiger charge is 2.44. The summed E-state index contributed by atoms with van der Waals surface area (Å²) in [4.78, 5) is 331. The lowest BCUT2D eigenvalue weighted by Crippen LogP contribution is -2.62. The van der Waals surface area contributed by atoms with Gasteiger partial charge < -0.3 is 142 Å². The summed E-state index contributed by atoms with van der Waals surface area (Å²) in [5, 5.41) is 76.4. The van der Waals surface area contributed by atoms with Gasteiger partial charge in [0.05, 0.1) is 49.7 Å². The van der Waals surface area contributed by atoms with Crippen LogP contribution in [-0.2, 0) is 133 Å². The fourth-order valence-corrected chi connectivity index (χ4v) is 17.6. The Bertz CT molecular complexity index is 5230. The molecule has 0 bridgehead atoms. The number of imidazole rings is 1. The number of hydrogen-bond donors (Lipinski definition) is 24. The number of benzene rings is 1. The number of fused-ring (bicyclic) bond motifs is 3. The van der Waals surface area contributed by atoms with Crippen LogP contribution in [0.15, 0.2) is 47.9 Å². The number of ether oxygens (including phenoxy) is 2. The van der Waals surface area contributed by atoms with Crippen LogP contribution in [-0.4, -0.2) is 313 Å². The zero-order chi connectivity index (χ0) is 109. The summed E-state index contributed by atoms with van der Waals surface area (Å²) in [7, 11) is 2.02. The number of carbonyl (C=O) groups is 23. The van der Waals surface area contributed by atoms with Crippen LogP contribution in [0.1, 0.15) is 189 Å². The van der Waals surface area contributed by atoms with Crippen LogP contribution in [0.5, 0.6) is 0 Å². The Hall–Kier alpha value is -14.5. The number of H-pyrrole nitrogens is 1. The first-order chi connectivity index (χ1) is 68.8. The minimum absolute atomic E-state index is 0.00883. The number of aromatic nitrogens is 3. The number of aromatic amines is 1. The molecule has 3 aromatic rings. The Labute approximate surface area is 850 Å². The average molecular weight is 2090 g/mol. The van der Waals surface area contributed by atoms with Crippen molar-refractivity contribution in [1.29, 1.82) is 5.41 Å². The van der Waals surface area contributed by atoms with Crippen molar-refractivity contribution in [3.63, 3.8) is 0 Å². The number of rotatable bonds is 52. The van der Waals surface area contributed by atoms with Gasteiger partial charge >= 0.3 is 29.8 Å². The quantitative estimate of drug-likeness (QED) is 0.00835. The number of esters is 2. The number of nitrogens with one attached hydrogen (secondary N) is 17. The molecule has 28 N–H and O–H groups in total. The van der Waals surface area contributed by atoms with Gasteiger partial charge in [0, 0.05) is 86.7 Å². The summed E-state index contributed by atoms with van der Waals surface area (Å²) in [5.74, 6) is -29.5. The summed E-state index contributed by atoms with van der Waals surface area (Å²) in [6, 6.07) is -19.1. The molecule has 2 aliphatic rings. The number of hydrogen-bond acceptors (Lipinski definition) is 29. The van der Waals surface area contributed by atoms with Crippen molar-refractivity contribution in [2.75, 3.05) is 45.1 Å². The van der Waals surface area contributed by atoms with Crippen molar-refractivity contribution in [3.8, 4) is 0 Å². The summed E-state index contributed by atoms with van der Waals surface area (Å²) in [5.41, 5.74) is 21.9. The first-order valence-corrected chi connectivity index (χ1v) is 49.9. The monoisotopic (exact) mass is 2090 g/mol. The zero-order valence-electron chi connectivity index (χ0n) is 83.5. The number of nitrogens with two attached hydrogens (primary N) is 4. The number of carboxylic acids is 3. The third-order valence-corrected chi connectivity index (χ3v) is 25.6. The number of amides is 18. The topological polar surface area (TPSA) is 817 Å². The number of likely N-dealkylation sites (tertiary alicyclic amines) is 1. The van der Waals surface area contributed by atoms with E-state index in [1.54, 1.807) is 65.1 Å². The molecule has 806 valence electrons. The van der Waals surface area contributed by atoms with Crippen molar-refractivity contribution in [1.82, 2.24) is 99.2 Å². The Kier molecular flexibility index (Phi) is 50.4. The zero-order valence-corrected chi connectivity index (χ0v) is 85.1. The lowest BCUT2D eigenvalue weighted by molar-refractivity contribution is -0.144. The van der Waals surface area contributed by atoms with E-state index in [1.165, 1.54) is 49.6 Å². The molecule has 0 radical (unpaired) electrons. The Morgan fingerprint density at radius 2 is 1.14 bits per heavy atom. The normalized spacial score (nSPS) is 18.6. The van der Waals surface area contributed by atoms with Gasteiger partial charge in [0.15, 0.2) is 5.96 Å². The van der Waals surface area contributed by atoms with E-state index in [1.807, 2.05) is 0 Å². The molecule has 5 rings (SSSR count). The number of primary amides is 3. The van der Waals surface area contributed by atoms with E-state index in [-0.39, 0.29) is 105 Å². The molecular formula is C92H138N24O28S2. The van der Waals surface area contributed by atoms with E-state index in [4.69, 9.17) is 37.8 Å². The molecule has 1 aromatic carbocycles. The number of aliphatic carboxylic acids is 3. The van der Waals surface area contributed by atoms with Crippen LogP contribution in [0.25, 0.3) is 16.3 Å². The molecule has 0 saturated carbocycles. The van der Waals surface area contributed by atoms with Gasteiger partial charge in [0.2, 0.25) is 106 Å². The fraction of sp³-hybridized carbons (Fsp3) is 0.598. The lowest BCUT2D eigenvalue weighted by atomic mass is 9.96. The van der Waals surface area contributed by atoms with Crippen LogP contribution in [0.3, 0.4) is 0 Å². The van der Waals surface area contributed by atoms with E-state index >= 15 is 28.8 Å². The number of nitrogens with zero attached hydrogens (tertiary/aromatic N) is 3. The van der Waals surface area contributed by atoms with Crippen LogP contribution in [0.4, 0.5) is 0 Å². The molecule has 16 atom stereocenters. The summed E-state index contributed by atoms with van der Waals surface area (Å²) in [6.07, 6.45) is -2.37. The summed E-state index contributed by atoms with van der Waals surface area (Å²) < 4.78 is 11.8. The molecule has 4 heterocycles. The smallest absolute Gasteiger partial charge is 0.340 e. The highest BCUT2D eigenvalue weighted by Crippen LogP contribution is 2.39. The van der Waals surface area contributed by atoms with Gasteiger partial charge in [-0.05, 0) is 113 Å². The predicted molar refractivity (Wildman–Crippen MR) is 526 cm³/mol. The maximum absolute atomic E-state index is 15.7. The third-order valence-electron chi connectivity index (χ3n) is 23.8. The van der Waals surface area contributed by atoms with Crippen molar-refractivity contribution in [2.24, 2.45) is 46.6 Å². The van der Waals surface area contributed by atoms with Gasteiger partial charge in [-0.3, -0.25) is 106 Å². The maximum atomic E-state index is 15.7. The maximum Gasteiger partial charge on any atom is 0.340 e. The molecule has 18 amide bonds. The molecule has 1 unspecified atom stereocenters. The number of methoxy groups -OCH3 is 2. The van der Waals surface area contributed by atoms with Gasteiger partial charge in [0.1, 0.15) is 90.6 Å². The molecule has 0 spiro atoms. The Morgan fingerprint density at radius 3 is 1.68 bits per heavy atom. The molecule has 2 aromatic heterocycles.